The molecule has 0 aliphatic heterocycles. The molecule has 0 spiro atoms. The molecule has 4 nitrogen and oxygen atoms in total. The van der Waals surface area contributed by atoms with Crippen LogP contribution in [0.15, 0.2) is 48.5 Å². The Labute approximate surface area is 319 Å². The summed E-state index contributed by atoms with van der Waals surface area (Å²) < 4.78 is 0. The van der Waals surface area contributed by atoms with Crippen molar-refractivity contribution in [1.29, 1.82) is 0 Å². The molecule has 4 N–H and O–H groups in total. The fourth-order valence-corrected chi connectivity index (χ4v) is 7.19. The Hall–Kier alpha value is -2.76. The first kappa shape index (κ1) is 41.7. The van der Waals surface area contributed by atoms with Crippen LogP contribution in [0.2, 0.25) is 20.1 Å². The van der Waals surface area contributed by atoms with Crippen LogP contribution in [0.1, 0.15) is 150 Å². The number of rotatable bonds is 10. The highest BCUT2D eigenvalue weighted by Gasteiger charge is 2.33. The van der Waals surface area contributed by atoms with Crippen LogP contribution in [0.4, 0.5) is 0 Å². The van der Waals surface area contributed by atoms with E-state index in [-0.39, 0.29) is 46.7 Å². The minimum atomic E-state index is -0.672. The number of phenolic OH excluding ortho intramolecular Hbond substituents is 4. The van der Waals surface area contributed by atoms with Gasteiger partial charge in [0, 0.05) is 54.2 Å². The normalized spacial score (nSPS) is 13.0. The van der Waals surface area contributed by atoms with Gasteiger partial charge in [-0.25, -0.2) is 0 Å². The lowest BCUT2D eigenvalue weighted by Gasteiger charge is -2.31. The van der Waals surface area contributed by atoms with Gasteiger partial charge in [-0.1, -0.05) is 116 Å². The molecule has 2 atom stereocenters. The van der Waals surface area contributed by atoms with Crippen molar-refractivity contribution in [2.45, 2.75) is 118 Å². The van der Waals surface area contributed by atoms with Crippen LogP contribution in [-0.4, -0.2) is 20.4 Å². The number of hydrogen-bond acceptors (Lipinski definition) is 4. The lowest BCUT2D eigenvalue weighted by molar-refractivity contribution is 0.424. The zero-order valence-electron chi connectivity index (χ0n) is 30.9. The summed E-state index contributed by atoms with van der Waals surface area (Å²) in [4.78, 5) is 0. The molecule has 0 fully saturated rings. The number of phenols is 4. The Morgan fingerprint density at radius 2 is 0.780 bits per heavy atom. The molecule has 4 aromatic rings. The van der Waals surface area contributed by atoms with E-state index < -0.39 is 5.41 Å². The van der Waals surface area contributed by atoms with E-state index >= 15 is 0 Å². The third kappa shape index (κ3) is 9.36. The molecule has 2 unspecified atom stereocenters. The fourth-order valence-electron chi connectivity index (χ4n) is 6.24. The Bertz CT molecular complexity index is 1680. The molecule has 0 aliphatic rings. The van der Waals surface area contributed by atoms with Gasteiger partial charge >= 0.3 is 0 Å². The molecule has 4 rings (SSSR count). The number of halogens is 4. The Balaban J connectivity index is 0.000000274. The fraction of sp³-hybridized carbons (Fsp3) is 0.429. The van der Waals surface area contributed by atoms with E-state index in [0.717, 1.165) is 35.1 Å². The summed E-state index contributed by atoms with van der Waals surface area (Å²) in [5, 5.41) is 45.4. The van der Waals surface area contributed by atoms with Crippen molar-refractivity contribution in [2.24, 2.45) is 0 Å². The second-order valence-electron chi connectivity index (χ2n) is 14.5. The van der Waals surface area contributed by atoms with Crippen molar-refractivity contribution < 1.29 is 20.4 Å². The first-order valence-corrected chi connectivity index (χ1v) is 18.8. The maximum atomic E-state index is 11.0. The van der Waals surface area contributed by atoms with Crippen LogP contribution < -0.4 is 0 Å². The third-order valence-electron chi connectivity index (χ3n) is 9.83. The molecule has 4 aromatic carbocycles. The summed E-state index contributed by atoms with van der Waals surface area (Å²) in [6.45, 7) is 20.3. The Kier molecular flexibility index (Phi) is 14.3. The summed E-state index contributed by atoms with van der Waals surface area (Å²) in [6.07, 6.45) is 2.17. The molecule has 0 bridgehead atoms. The van der Waals surface area contributed by atoms with Crippen molar-refractivity contribution in [3.05, 3.63) is 113 Å². The van der Waals surface area contributed by atoms with Crippen molar-refractivity contribution in [2.75, 3.05) is 0 Å². The maximum absolute atomic E-state index is 11.0. The van der Waals surface area contributed by atoms with Crippen LogP contribution in [0.3, 0.4) is 0 Å². The summed E-state index contributed by atoms with van der Waals surface area (Å²) in [5.74, 6) is 1.62. The van der Waals surface area contributed by atoms with E-state index in [2.05, 4.69) is 27.7 Å². The molecule has 0 amide bonds. The van der Waals surface area contributed by atoms with E-state index in [1.54, 1.807) is 36.4 Å². The van der Waals surface area contributed by atoms with Crippen LogP contribution in [0, 0.1) is 0 Å². The summed E-state index contributed by atoms with van der Waals surface area (Å²) in [6, 6.07) is 14.2. The molecule has 0 aliphatic carbocycles. The highest BCUT2D eigenvalue weighted by Crippen LogP contribution is 2.48. The van der Waals surface area contributed by atoms with Gasteiger partial charge in [-0.15, -0.1) is 0 Å². The zero-order valence-corrected chi connectivity index (χ0v) is 33.9. The predicted octanol–water partition coefficient (Wildman–Crippen LogP) is 14.0. The van der Waals surface area contributed by atoms with Gasteiger partial charge in [-0.2, -0.15) is 0 Å². The van der Waals surface area contributed by atoms with Crippen molar-refractivity contribution in [1.82, 2.24) is 0 Å². The van der Waals surface area contributed by atoms with Gasteiger partial charge in [0.05, 0.1) is 0 Å². The van der Waals surface area contributed by atoms with E-state index in [4.69, 9.17) is 46.4 Å². The molecule has 0 saturated heterocycles. The molecule has 8 heteroatoms. The topological polar surface area (TPSA) is 80.9 Å². The molecule has 272 valence electrons. The third-order valence-corrected chi connectivity index (χ3v) is 10.7. The van der Waals surface area contributed by atoms with Crippen molar-refractivity contribution in [3.8, 4) is 23.0 Å². The molecular formula is C42H52Cl4O4. The Morgan fingerprint density at radius 1 is 0.480 bits per heavy atom. The second kappa shape index (κ2) is 17.2. The first-order chi connectivity index (χ1) is 23.2. The summed E-state index contributed by atoms with van der Waals surface area (Å²) in [5.41, 5.74) is 5.36. The molecule has 0 radical (unpaired) electrons. The maximum Gasteiger partial charge on any atom is 0.123 e. The van der Waals surface area contributed by atoms with Crippen molar-refractivity contribution >= 4 is 46.4 Å². The standard InChI is InChI=1S/C23H30Cl2O2.C19H22Cl2O2/c1-7-13(3)17-9-15(24)11-19(21(17)26)23(5,6)20-12-16(25)10-18(22(20)27)14(4)8-2;1-10(2)16-8-14(20)6-12(18(16)22)5-13-7-15(21)9-17(11(3)4)19(13)23/h9-14,26-27H,7-8H2,1-6H3;6-11,22-23H,5H2,1-4H3. The second-order valence-corrected chi connectivity index (χ2v) is 16.3. The van der Waals surface area contributed by atoms with E-state index in [9.17, 15) is 20.4 Å². The number of aromatic hydroxyl groups is 4. The van der Waals surface area contributed by atoms with Crippen LogP contribution >= 0.6 is 46.4 Å². The molecule has 0 saturated carbocycles. The Morgan fingerprint density at radius 3 is 1.08 bits per heavy atom. The average molecular weight is 763 g/mol. The van der Waals surface area contributed by atoms with Gasteiger partial charge < -0.3 is 20.4 Å². The lowest BCUT2D eigenvalue weighted by Crippen LogP contribution is -2.21. The largest absolute Gasteiger partial charge is 0.507 e. The van der Waals surface area contributed by atoms with Crippen molar-refractivity contribution in [3.63, 3.8) is 0 Å². The quantitative estimate of drug-likeness (QED) is 0.130. The highest BCUT2D eigenvalue weighted by molar-refractivity contribution is 6.31. The van der Waals surface area contributed by atoms with Crippen LogP contribution in [0.25, 0.3) is 0 Å². The minimum Gasteiger partial charge on any atom is -0.507 e. The number of benzene rings is 4. The molecular weight excluding hydrogens is 710 g/mol. The van der Waals surface area contributed by atoms with Gasteiger partial charge in [0.25, 0.3) is 0 Å². The summed E-state index contributed by atoms with van der Waals surface area (Å²) in [7, 11) is 0. The predicted molar refractivity (Wildman–Crippen MR) is 213 cm³/mol. The monoisotopic (exact) mass is 760 g/mol. The van der Waals surface area contributed by atoms with E-state index in [1.165, 1.54) is 0 Å². The van der Waals surface area contributed by atoms with Gasteiger partial charge in [0.1, 0.15) is 23.0 Å². The van der Waals surface area contributed by atoms with E-state index in [1.807, 2.05) is 53.7 Å². The molecule has 50 heavy (non-hydrogen) atoms. The average Bonchev–Trinajstić information content (AvgIpc) is 3.04. The van der Waals surface area contributed by atoms with Gasteiger partial charge in [-0.05, 0) is 107 Å². The minimum absolute atomic E-state index is 0.159. The smallest absolute Gasteiger partial charge is 0.123 e. The van der Waals surface area contributed by atoms with E-state index in [0.29, 0.717) is 48.8 Å². The first-order valence-electron chi connectivity index (χ1n) is 17.3. The molecule has 0 aromatic heterocycles. The van der Waals surface area contributed by atoms with Crippen LogP contribution in [-0.2, 0) is 11.8 Å². The molecule has 0 heterocycles. The summed E-state index contributed by atoms with van der Waals surface area (Å²) >= 11 is 25.2. The number of hydrogen-bond donors (Lipinski definition) is 4. The van der Waals surface area contributed by atoms with Gasteiger partial charge in [-0.3, -0.25) is 0 Å². The zero-order chi connectivity index (χ0) is 37.8. The van der Waals surface area contributed by atoms with Crippen LogP contribution in [0.5, 0.6) is 23.0 Å². The van der Waals surface area contributed by atoms with Gasteiger partial charge in [0.2, 0.25) is 0 Å². The highest BCUT2D eigenvalue weighted by atomic mass is 35.5. The lowest BCUT2D eigenvalue weighted by atomic mass is 9.74. The van der Waals surface area contributed by atoms with Gasteiger partial charge in [0.15, 0.2) is 0 Å². The SMILES string of the molecule is CC(C)c1cc(Cl)cc(Cc2cc(Cl)cc(C(C)C)c2O)c1O.CCC(C)c1cc(Cl)cc(C(C)(C)c2cc(Cl)cc(C(C)CC)c2O)c1O.